The SMILES string of the molecule is CN(C)c1nc(N[C@H]2CC[C@@H](NC(=O)CCc3ccccc3)CC2)nc2c1CCCC2. The fourth-order valence-electron chi connectivity index (χ4n) is 4.78. The van der Waals surface area contributed by atoms with Gasteiger partial charge in [-0.1, -0.05) is 30.3 Å². The van der Waals surface area contributed by atoms with Crippen LogP contribution in [0.3, 0.4) is 0 Å². The highest BCUT2D eigenvalue weighted by atomic mass is 16.1. The molecule has 0 aliphatic heterocycles. The van der Waals surface area contributed by atoms with Crippen LogP contribution in [-0.2, 0) is 24.1 Å². The third-order valence-corrected chi connectivity index (χ3v) is 6.49. The lowest BCUT2D eigenvalue weighted by atomic mass is 9.91. The van der Waals surface area contributed by atoms with Crippen molar-refractivity contribution >= 4 is 17.7 Å². The van der Waals surface area contributed by atoms with E-state index in [0.29, 0.717) is 12.5 Å². The van der Waals surface area contributed by atoms with Gasteiger partial charge < -0.3 is 15.5 Å². The number of amides is 1. The summed E-state index contributed by atoms with van der Waals surface area (Å²) in [4.78, 5) is 24.1. The molecule has 0 spiro atoms. The van der Waals surface area contributed by atoms with E-state index in [1.807, 2.05) is 18.2 Å². The average molecular weight is 422 g/mol. The molecule has 2 aromatic rings. The molecule has 6 nitrogen and oxygen atoms in total. The van der Waals surface area contributed by atoms with Crippen molar-refractivity contribution in [3.63, 3.8) is 0 Å². The number of aromatic nitrogens is 2. The quantitative estimate of drug-likeness (QED) is 0.710. The first-order valence-corrected chi connectivity index (χ1v) is 11.8. The summed E-state index contributed by atoms with van der Waals surface area (Å²) in [6.45, 7) is 0. The Labute approximate surface area is 185 Å². The van der Waals surface area contributed by atoms with E-state index in [1.165, 1.54) is 29.7 Å². The molecular formula is C25H35N5O. The molecule has 31 heavy (non-hydrogen) atoms. The maximum absolute atomic E-state index is 12.3. The highest BCUT2D eigenvalue weighted by Crippen LogP contribution is 2.29. The number of fused-ring (bicyclic) bond motifs is 1. The summed E-state index contributed by atoms with van der Waals surface area (Å²) in [5.41, 5.74) is 3.75. The predicted molar refractivity (Wildman–Crippen MR) is 126 cm³/mol. The minimum absolute atomic E-state index is 0.161. The van der Waals surface area contributed by atoms with Crippen molar-refractivity contribution in [2.75, 3.05) is 24.3 Å². The van der Waals surface area contributed by atoms with Crippen LogP contribution < -0.4 is 15.5 Å². The summed E-state index contributed by atoms with van der Waals surface area (Å²) in [6.07, 6.45) is 9.99. The molecule has 1 aromatic carbocycles. The van der Waals surface area contributed by atoms with E-state index in [9.17, 15) is 4.79 Å². The molecular weight excluding hydrogens is 386 g/mol. The lowest BCUT2D eigenvalue weighted by Crippen LogP contribution is -2.40. The van der Waals surface area contributed by atoms with Crippen LogP contribution >= 0.6 is 0 Å². The van der Waals surface area contributed by atoms with E-state index < -0.39 is 0 Å². The van der Waals surface area contributed by atoms with E-state index >= 15 is 0 Å². The normalized spacial score (nSPS) is 20.6. The lowest BCUT2D eigenvalue weighted by molar-refractivity contribution is -0.122. The number of hydrogen-bond donors (Lipinski definition) is 2. The van der Waals surface area contributed by atoms with Crippen LogP contribution in [0, 0.1) is 0 Å². The first-order chi connectivity index (χ1) is 15.1. The Bertz CT molecular complexity index is 875. The topological polar surface area (TPSA) is 70.2 Å². The Balaban J connectivity index is 1.26. The van der Waals surface area contributed by atoms with Crippen LogP contribution in [0.5, 0.6) is 0 Å². The summed E-state index contributed by atoms with van der Waals surface area (Å²) in [5, 5.41) is 6.82. The molecule has 1 heterocycles. The van der Waals surface area contributed by atoms with Crippen LogP contribution in [0.2, 0.25) is 0 Å². The highest BCUT2D eigenvalue weighted by molar-refractivity contribution is 5.76. The third-order valence-electron chi connectivity index (χ3n) is 6.49. The number of nitrogens with one attached hydrogen (secondary N) is 2. The van der Waals surface area contributed by atoms with Crippen LogP contribution in [0.4, 0.5) is 11.8 Å². The largest absolute Gasteiger partial charge is 0.362 e. The molecule has 2 aliphatic rings. The van der Waals surface area contributed by atoms with Gasteiger partial charge in [-0.25, -0.2) is 4.98 Å². The van der Waals surface area contributed by atoms with Crippen molar-refractivity contribution < 1.29 is 4.79 Å². The van der Waals surface area contributed by atoms with Crippen LogP contribution in [0.25, 0.3) is 0 Å². The van der Waals surface area contributed by atoms with Gasteiger partial charge in [-0.05, 0) is 63.4 Å². The number of nitrogens with zero attached hydrogens (tertiary/aromatic N) is 3. The molecule has 1 amide bonds. The molecule has 0 unspecified atom stereocenters. The van der Waals surface area contributed by atoms with Gasteiger partial charge in [0.1, 0.15) is 5.82 Å². The number of benzene rings is 1. The first kappa shape index (κ1) is 21.6. The van der Waals surface area contributed by atoms with Gasteiger partial charge in [-0.15, -0.1) is 0 Å². The van der Waals surface area contributed by atoms with Gasteiger partial charge in [-0.3, -0.25) is 4.79 Å². The number of carbonyl (C=O) groups excluding carboxylic acids is 1. The molecule has 0 saturated heterocycles. The first-order valence-electron chi connectivity index (χ1n) is 11.8. The van der Waals surface area contributed by atoms with Gasteiger partial charge in [0, 0.05) is 38.2 Å². The zero-order valence-electron chi connectivity index (χ0n) is 18.9. The Kier molecular flexibility index (Phi) is 7.05. The lowest BCUT2D eigenvalue weighted by Gasteiger charge is -2.30. The van der Waals surface area contributed by atoms with E-state index in [-0.39, 0.29) is 11.9 Å². The summed E-state index contributed by atoms with van der Waals surface area (Å²) in [5.74, 6) is 1.99. The molecule has 2 N–H and O–H groups in total. The summed E-state index contributed by atoms with van der Waals surface area (Å²) in [6, 6.07) is 10.9. The predicted octanol–water partition coefficient (Wildman–Crippen LogP) is 3.89. The molecule has 0 atom stereocenters. The van der Waals surface area contributed by atoms with Gasteiger partial charge >= 0.3 is 0 Å². The van der Waals surface area contributed by atoms with Gasteiger partial charge in [0.05, 0.1) is 5.69 Å². The average Bonchev–Trinajstić information content (AvgIpc) is 2.79. The Morgan fingerprint density at radius 1 is 1.00 bits per heavy atom. The maximum Gasteiger partial charge on any atom is 0.225 e. The Morgan fingerprint density at radius 2 is 1.71 bits per heavy atom. The van der Waals surface area contributed by atoms with Gasteiger partial charge in [0.2, 0.25) is 11.9 Å². The molecule has 6 heteroatoms. The third kappa shape index (κ3) is 5.75. The second-order valence-corrected chi connectivity index (χ2v) is 9.14. The number of rotatable bonds is 7. The second kappa shape index (κ2) is 10.1. The van der Waals surface area contributed by atoms with Crippen molar-refractivity contribution in [2.24, 2.45) is 0 Å². The molecule has 1 saturated carbocycles. The molecule has 0 radical (unpaired) electrons. The molecule has 1 fully saturated rings. The summed E-state index contributed by atoms with van der Waals surface area (Å²) in [7, 11) is 4.12. The molecule has 1 aromatic heterocycles. The number of aryl methyl sites for hydroxylation is 2. The molecule has 4 rings (SSSR count). The van der Waals surface area contributed by atoms with Crippen LogP contribution in [-0.4, -0.2) is 42.1 Å². The zero-order valence-corrected chi connectivity index (χ0v) is 18.9. The van der Waals surface area contributed by atoms with Crippen molar-refractivity contribution in [3.05, 3.63) is 47.2 Å². The van der Waals surface area contributed by atoms with E-state index in [1.54, 1.807) is 0 Å². The van der Waals surface area contributed by atoms with Crippen molar-refractivity contribution in [1.82, 2.24) is 15.3 Å². The van der Waals surface area contributed by atoms with E-state index in [4.69, 9.17) is 9.97 Å². The van der Waals surface area contributed by atoms with Crippen molar-refractivity contribution in [3.8, 4) is 0 Å². The fraction of sp³-hybridized carbons (Fsp3) is 0.560. The van der Waals surface area contributed by atoms with Gasteiger partial charge in [0.15, 0.2) is 0 Å². The van der Waals surface area contributed by atoms with Crippen LogP contribution in [0.15, 0.2) is 30.3 Å². The van der Waals surface area contributed by atoms with Crippen molar-refractivity contribution in [2.45, 2.75) is 76.3 Å². The fourth-order valence-corrected chi connectivity index (χ4v) is 4.78. The number of anilines is 2. The molecule has 2 aliphatic carbocycles. The highest BCUT2D eigenvalue weighted by Gasteiger charge is 2.24. The minimum Gasteiger partial charge on any atom is -0.362 e. The Hall–Kier alpha value is -2.63. The van der Waals surface area contributed by atoms with E-state index in [2.05, 4.69) is 41.8 Å². The number of hydrogen-bond acceptors (Lipinski definition) is 5. The van der Waals surface area contributed by atoms with E-state index in [0.717, 1.165) is 56.7 Å². The number of carbonyl (C=O) groups is 1. The molecule has 166 valence electrons. The van der Waals surface area contributed by atoms with Gasteiger partial charge in [0.25, 0.3) is 0 Å². The Morgan fingerprint density at radius 3 is 2.45 bits per heavy atom. The maximum atomic E-state index is 12.3. The minimum atomic E-state index is 0.161. The standard InChI is InChI=1S/C25H35N5O/c1-30(2)24-21-10-6-7-11-22(21)28-25(29-24)27-20-15-13-19(14-16-20)26-23(31)17-12-18-8-4-3-5-9-18/h3-5,8-9,19-20H,6-7,10-17H2,1-2H3,(H,26,31)(H,27,28,29)/t19-,20+. The van der Waals surface area contributed by atoms with Crippen LogP contribution in [0.1, 0.15) is 61.8 Å². The smallest absolute Gasteiger partial charge is 0.225 e. The monoisotopic (exact) mass is 421 g/mol. The molecule has 0 bridgehead atoms. The zero-order chi connectivity index (χ0) is 21.6. The summed E-state index contributed by atoms with van der Waals surface area (Å²) < 4.78 is 0. The second-order valence-electron chi connectivity index (χ2n) is 9.14. The summed E-state index contributed by atoms with van der Waals surface area (Å²) >= 11 is 0. The van der Waals surface area contributed by atoms with Gasteiger partial charge in [-0.2, -0.15) is 4.98 Å². The van der Waals surface area contributed by atoms with Crippen molar-refractivity contribution in [1.29, 1.82) is 0 Å².